The average molecular weight is 568 g/mol. The first-order valence-corrected chi connectivity index (χ1v) is 13.3. The highest BCUT2D eigenvalue weighted by Crippen LogP contribution is 2.39. The number of hydrogen-bond acceptors (Lipinski definition) is 4. The quantitative estimate of drug-likeness (QED) is 0.291. The summed E-state index contributed by atoms with van der Waals surface area (Å²) in [5.74, 6) is -1.30. The van der Waals surface area contributed by atoms with Crippen LogP contribution in [0.5, 0.6) is 0 Å². The molecule has 1 saturated heterocycles. The number of halogens is 6. The predicted molar refractivity (Wildman–Crippen MR) is 126 cm³/mol. The minimum atomic E-state index is -4.71. The van der Waals surface area contributed by atoms with E-state index in [1.54, 1.807) is 0 Å². The van der Waals surface area contributed by atoms with Gasteiger partial charge >= 0.3 is 12.4 Å². The molecule has 0 radical (unpaired) electrons. The van der Waals surface area contributed by atoms with Crippen LogP contribution >= 0.6 is 0 Å². The van der Waals surface area contributed by atoms with Crippen molar-refractivity contribution in [2.45, 2.75) is 48.7 Å². The van der Waals surface area contributed by atoms with Crippen LogP contribution in [0.1, 0.15) is 43.4 Å². The number of benzene rings is 2. The molecule has 0 N–H and O–H groups in total. The summed E-state index contributed by atoms with van der Waals surface area (Å²) in [5, 5.41) is 0. The van der Waals surface area contributed by atoms with Crippen molar-refractivity contribution in [2.75, 3.05) is 13.1 Å². The fourth-order valence-electron chi connectivity index (χ4n) is 4.33. The molecule has 0 saturated carbocycles. The van der Waals surface area contributed by atoms with E-state index in [2.05, 4.69) is 0 Å². The Morgan fingerprint density at radius 3 is 1.92 bits per heavy atom. The third-order valence-electron chi connectivity index (χ3n) is 6.66. The number of carbonyl (C=O) groups excluding carboxylic acids is 1. The lowest BCUT2D eigenvalue weighted by molar-refractivity contribution is -0.138. The number of carbonyl (C=O) groups is 1. The molecule has 13 heteroatoms. The second-order valence-electron chi connectivity index (χ2n) is 9.19. The minimum absolute atomic E-state index is 0.0219. The molecule has 0 aliphatic carbocycles. The zero-order valence-corrected chi connectivity index (χ0v) is 21.3. The van der Waals surface area contributed by atoms with Crippen LogP contribution < -0.4 is 0 Å². The third kappa shape index (κ3) is 5.92. The van der Waals surface area contributed by atoms with Crippen molar-refractivity contribution in [3.8, 4) is 0 Å². The van der Waals surface area contributed by atoms with E-state index in [1.165, 1.54) is 24.8 Å². The van der Waals surface area contributed by atoms with Gasteiger partial charge in [-0.25, -0.2) is 12.6 Å². The molecule has 37 heavy (non-hydrogen) atoms. The van der Waals surface area contributed by atoms with Gasteiger partial charge in [0.25, 0.3) is 5.91 Å². The van der Waals surface area contributed by atoms with E-state index in [-0.39, 0.29) is 42.8 Å². The van der Waals surface area contributed by atoms with Gasteiger partial charge in [-0.2, -0.15) is 26.3 Å². The summed E-state index contributed by atoms with van der Waals surface area (Å²) in [7, 11) is -4.21. The first-order valence-electron chi connectivity index (χ1n) is 11.1. The van der Waals surface area contributed by atoms with Crippen LogP contribution in [0.15, 0.2) is 53.4 Å². The number of alkyl halides is 6. The van der Waals surface area contributed by atoms with Crippen LogP contribution in [0.3, 0.4) is 0 Å². The number of piperidine rings is 1. The second kappa shape index (κ2) is 10.2. The lowest BCUT2D eigenvalue weighted by Gasteiger charge is -2.40. The van der Waals surface area contributed by atoms with Crippen LogP contribution in [0.25, 0.3) is 0 Å². The largest absolute Gasteiger partial charge is 0.416 e. The highest BCUT2D eigenvalue weighted by atomic mass is 32.2. The van der Waals surface area contributed by atoms with E-state index in [1.807, 2.05) is 0 Å². The molecule has 1 amide bonds. The normalized spacial score (nSPS) is 15.9. The second-order valence-corrected chi connectivity index (χ2v) is 12.3. The van der Waals surface area contributed by atoms with E-state index in [9.17, 15) is 43.8 Å². The van der Waals surface area contributed by atoms with Gasteiger partial charge in [-0.1, -0.05) is 18.2 Å². The molecule has 0 atom stereocenters. The molecule has 2 aromatic rings. The zero-order chi connectivity index (χ0) is 27.8. The van der Waals surface area contributed by atoms with Crippen molar-refractivity contribution >= 4 is 31.9 Å². The number of sulfone groups is 1. The Hall–Kier alpha value is -2.67. The zero-order valence-electron chi connectivity index (χ0n) is 19.7. The topological polar surface area (TPSA) is 71.5 Å². The van der Waals surface area contributed by atoms with Gasteiger partial charge in [0.1, 0.15) is 16.1 Å². The monoisotopic (exact) mass is 567 g/mol. The first kappa shape index (κ1) is 28.9. The van der Waals surface area contributed by atoms with Gasteiger partial charge in [0, 0.05) is 18.7 Å². The summed E-state index contributed by atoms with van der Waals surface area (Å²) in [4.78, 5) is 13.3. The van der Waals surface area contributed by atoms with Gasteiger partial charge in [-0.15, -0.1) is 0 Å². The smallest absolute Gasteiger partial charge is 0.338 e. The average Bonchev–Trinajstić information content (AvgIpc) is 2.83. The fourth-order valence-corrected chi connectivity index (χ4v) is 6.57. The van der Waals surface area contributed by atoms with Crippen LogP contribution in [-0.2, 0) is 38.2 Å². The molecule has 202 valence electrons. The molecule has 0 spiro atoms. The molecule has 1 aliphatic rings. The summed E-state index contributed by atoms with van der Waals surface area (Å²) in [6.07, 6.45) is -9.05. The Bertz CT molecular complexity index is 1340. The van der Waals surface area contributed by atoms with Crippen LogP contribution in [-0.4, -0.2) is 46.1 Å². The standard InChI is InChI=1S/C24H23F6NO4S2/c1-22(2,37(34,35)19-8-4-7-18(14-19)24(28,29)30)16-9-11-31(12-10-16)21(32)20(36-33)15-5-3-6-17(13-15)23(25,26)27/h3-8,13-14,16H,9-12H2,1-2H3. The molecule has 5 nitrogen and oxygen atoms in total. The van der Waals surface area contributed by atoms with Crippen LogP contribution in [0.4, 0.5) is 26.3 Å². The van der Waals surface area contributed by atoms with Crippen molar-refractivity contribution in [3.63, 3.8) is 0 Å². The molecule has 0 aromatic heterocycles. The van der Waals surface area contributed by atoms with Crippen molar-refractivity contribution < 1.29 is 43.8 Å². The highest BCUT2D eigenvalue weighted by Gasteiger charge is 2.45. The van der Waals surface area contributed by atoms with Crippen molar-refractivity contribution in [3.05, 3.63) is 65.2 Å². The number of rotatable bonds is 5. The van der Waals surface area contributed by atoms with Crippen LogP contribution in [0, 0.1) is 5.92 Å². The Morgan fingerprint density at radius 2 is 1.41 bits per heavy atom. The summed E-state index contributed by atoms with van der Waals surface area (Å²) in [6, 6.07) is 7.36. The molecule has 2 aromatic carbocycles. The van der Waals surface area contributed by atoms with Gasteiger partial charge < -0.3 is 4.90 Å². The van der Waals surface area contributed by atoms with Crippen molar-refractivity contribution in [1.82, 2.24) is 4.90 Å². The van der Waals surface area contributed by atoms with Crippen molar-refractivity contribution in [2.24, 2.45) is 5.92 Å². The summed E-state index contributed by atoms with van der Waals surface area (Å²) >= 11 is -0.224. The third-order valence-corrected chi connectivity index (χ3v) is 9.83. The van der Waals surface area contributed by atoms with Gasteiger partial charge in [0.05, 0.1) is 20.8 Å². The molecular weight excluding hydrogens is 544 g/mol. The Morgan fingerprint density at radius 1 is 0.892 bits per heavy atom. The number of likely N-dealkylation sites (tertiary alicyclic amines) is 1. The molecule has 1 heterocycles. The number of hydrogen-bond donors (Lipinski definition) is 0. The lowest BCUT2D eigenvalue weighted by Crippen LogP contribution is -2.49. The van der Waals surface area contributed by atoms with E-state index in [0.717, 1.165) is 36.4 Å². The van der Waals surface area contributed by atoms with Gasteiger partial charge in [-0.3, -0.25) is 4.79 Å². The Labute approximate surface area is 213 Å². The Kier molecular flexibility index (Phi) is 8.00. The maximum atomic E-state index is 13.3. The fraction of sp³-hybridized carbons (Fsp3) is 0.417. The maximum absolute atomic E-state index is 13.3. The number of nitrogens with zero attached hydrogens (tertiary/aromatic N) is 1. The van der Waals surface area contributed by atoms with Gasteiger partial charge in [0.15, 0.2) is 9.84 Å². The SMILES string of the molecule is CC(C)(C1CCN(C(=O)C(=S=O)c2cccc(C(F)(F)F)c2)CC1)S(=O)(=O)c1cccc(C(F)(F)F)c1. The van der Waals surface area contributed by atoms with Crippen LogP contribution in [0.2, 0.25) is 0 Å². The molecule has 1 fully saturated rings. The molecule has 0 bridgehead atoms. The molecule has 1 aliphatic heterocycles. The van der Waals surface area contributed by atoms with E-state index < -0.39 is 59.6 Å². The van der Waals surface area contributed by atoms with E-state index in [4.69, 9.17) is 0 Å². The summed E-state index contributed by atoms with van der Waals surface area (Å²) in [6.45, 7) is 2.87. The van der Waals surface area contributed by atoms with E-state index in [0.29, 0.717) is 6.07 Å². The first-order chi connectivity index (χ1) is 17.0. The summed E-state index contributed by atoms with van der Waals surface area (Å²) < 4.78 is 115. The van der Waals surface area contributed by atoms with Gasteiger partial charge in [0.2, 0.25) is 0 Å². The molecule has 0 unspecified atom stereocenters. The molecular formula is C24H23F6NO4S2. The minimum Gasteiger partial charge on any atom is -0.338 e. The Balaban J connectivity index is 1.78. The summed E-state index contributed by atoms with van der Waals surface area (Å²) in [5.41, 5.74) is -2.27. The number of amides is 1. The molecule has 3 rings (SSSR count). The van der Waals surface area contributed by atoms with Gasteiger partial charge in [-0.05, 0) is 62.9 Å². The van der Waals surface area contributed by atoms with Crippen molar-refractivity contribution in [1.29, 1.82) is 0 Å². The maximum Gasteiger partial charge on any atom is 0.416 e. The lowest BCUT2D eigenvalue weighted by atomic mass is 9.85. The van der Waals surface area contributed by atoms with E-state index >= 15 is 0 Å². The predicted octanol–water partition coefficient (Wildman–Crippen LogP) is 4.95. The highest BCUT2D eigenvalue weighted by molar-refractivity contribution is 7.92.